The maximum atomic E-state index is 13.2. The standard InChI is InChI=1S/C24H31NO2S/c1-3-5-13-20(4-2)23(26)25-16-17-28-24(25)21-14-9-10-15-22(21)27-18-19-11-7-6-8-12-19/h6-12,14-15,20,24H,3-5,13,16-18H2,1-2H3. The second kappa shape index (κ2) is 10.6. The molecule has 0 bridgehead atoms. The summed E-state index contributed by atoms with van der Waals surface area (Å²) in [6.45, 7) is 5.68. The van der Waals surface area contributed by atoms with Gasteiger partial charge in [-0.15, -0.1) is 11.8 Å². The van der Waals surface area contributed by atoms with Gasteiger partial charge in [0.1, 0.15) is 17.7 Å². The highest BCUT2D eigenvalue weighted by atomic mass is 32.2. The Balaban J connectivity index is 1.75. The molecule has 2 aromatic carbocycles. The highest BCUT2D eigenvalue weighted by molar-refractivity contribution is 7.99. The third-order valence-corrected chi connectivity index (χ3v) is 6.59. The number of nitrogens with zero attached hydrogens (tertiary/aromatic N) is 1. The average Bonchev–Trinajstić information content (AvgIpc) is 3.23. The summed E-state index contributed by atoms with van der Waals surface area (Å²) in [5, 5.41) is 0.0511. The first-order valence-corrected chi connectivity index (χ1v) is 11.5. The van der Waals surface area contributed by atoms with Crippen LogP contribution in [-0.4, -0.2) is 23.1 Å². The Morgan fingerprint density at radius 1 is 1.14 bits per heavy atom. The fourth-order valence-corrected chi connectivity index (χ4v) is 4.98. The van der Waals surface area contributed by atoms with Crippen LogP contribution < -0.4 is 4.74 Å². The first-order valence-electron chi connectivity index (χ1n) is 10.4. The second-order valence-electron chi connectivity index (χ2n) is 7.31. The largest absolute Gasteiger partial charge is 0.489 e. The number of ether oxygens (including phenoxy) is 1. The van der Waals surface area contributed by atoms with Gasteiger partial charge in [-0.25, -0.2) is 0 Å². The number of carbonyl (C=O) groups is 1. The monoisotopic (exact) mass is 397 g/mol. The Morgan fingerprint density at radius 3 is 2.64 bits per heavy atom. The fraction of sp³-hybridized carbons (Fsp3) is 0.458. The molecule has 1 amide bonds. The van der Waals surface area contributed by atoms with Gasteiger partial charge in [0.25, 0.3) is 0 Å². The van der Waals surface area contributed by atoms with E-state index in [2.05, 4.69) is 36.9 Å². The van der Waals surface area contributed by atoms with Gasteiger partial charge >= 0.3 is 0 Å². The SMILES string of the molecule is CCCCC(CC)C(=O)N1CCSC1c1ccccc1OCc1ccccc1. The van der Waals surface area contributed by atoms with Crippen molar-refractivity contribution in [2.75, 3.05) is 12.3 Å². The number of amides is 1. The van der Waals surface area contributed by atoms with E-state index in [0.29, 0.717) is 12.5 Å². The molecule has 1 fully saturated rings. The molecule has 1 saturated heterocycles. The molecule has 1 aliphatic rings. The van der Waals surface area contributed by atoms with Gasteiger partial charge in [0.2, 0.25) is 5.91 Å². The Labute approximate surface area is 173 Å². The lowest BCUT2D eigenvalue weighted by Crippen LogP contribution is -2.35. The van der Waals surface area contributed by atoms with Crippen LogP contribution in [0, 0.1) is 5.92 Å². The minimum atomic E-state index is 0.0511. The molecule has 1 heterocycles. The molecule has 0 aliphatic carbocycles. The van der Waals surface area contributed by atoms with Gasteiger partial charge in [-0.3, -0.25) is 4.79 Å². The molecular formula is C24H31NO2S. The van der Waals surface area contributed by atoms with Crippen LogP contribution in [0.4, 0.5) is 0 Å². The molecule has 4 heteroatoms. The number of carbonyl (C=O) groups excluding carboxylic acids is 1. The van der Waals surface area contributed by atoms with E-state index in [0.717, 1.165) is 54.9 Å². The lowest BCUT2D eigenvalue weighted by Gasteiger charge is -2.29. The summed E-state index contributed by atoms with van der Waals surface area (Å²) in [7, 11) is 0. The fourth-order valence-electron chi connectivity index (χ4n) is 3.69. The normalized spacial score (nSPS) is 17.5. The third kappa shape index (κ3) is 5.11. The highest BCUT2D eigenvalue weighted by Crippen LogP contribution is 2.43. The number of benzene rings is 2. The van der Waals surface area contributed by atoms with Gasteiger partial charge in [0, 0.05) is 23.8 Å². The number of para-hydroxylation sites is 1. The van der Waals surface area contributed by atoms with Gasteiger partial charge in [-0.05, 0) is 24.5 Å². The molecule has 0 saturated carbocycles. The van der Waals surface area contributed by atoms with Gasteiger partial charge in [-0.2, -0.15) is 0 Å². The zero-order valence-electron chi connectivity index (χ0n) is 17.0. The van der Waals surface area contributed by atoms with Crippen molar-refractivity contribution in [3.05, 3.63) is 65.7 Å². The molecule has 0 spiro atoms. The van der Waals surface area contributed by atoms with E-state index in [1.807, 2.05) is 48.2 Å². The summed E-state index contributed by atoms with van der Waals surface area (Å²) >= 11 is 1.84. The maximum Gasteiger partial charge on any atom is 0.226 e. The molecule has 2 atom stereocenters. The molecule has 3 nitrogen and oxygen atoms in total. The molecule has 2 aromatic rings. The lowest BCUT2D eigenvalue weighted by molar-refractivity contribution is -0.136. The van der Waals surface area contributed by atoms with Crippen LogP contribution in [0.1, 0.15) is 56.0 Å². The third-order valence-electron chi connectivity index (χ3n) is 5.34. The Bertz CT molecular complexity index is 749. The van der Waals surface area contributed by atoms with E-state index in [1.165, 1.54) is 0 Å². The quantitative estimate of drug-likeness (QED) is 0.515. The van der Waals surface area contributed by atoms with Gasteiger partial charge in [0.15, 0.2) is 0 Å². The van der Waals surface area contributed by atoms with Crippen LogP contribution in [-0.2, 0) is 11.4 Å². The smallest absolute Gasteiger partial charge is 0.226 e. The lowest BCUT2D eigenvalue weighted by atomic mass is 9.97. The molecule has 0 radical (unpaired) electrons. The summed E-state index contributed by atoms with van der Waals surface area (Å²) in [5.74, 6) is 2.31. The van der Waals surface area contributed by atoms with Crippen molar-refractivity contribution < 1.29 is 9.53 Å². The van der Waals surface area contributed by atoms with Crippen molar-refractivity contribution in [1.29, 1.82) is 0 Å². The Hall–Kier alpha value is -1.94. The predicted molar refractivity (Wildman–Crippen MR) is 117 cm³/mol. The summed E-state index contributed by atoms with van der Waals surface area (Å²) in [4.78, 5) is 15.3. The summed E-state index contributed by atoms with van der Waals surface area (Å²) in [6.07, 6.45) is 4.16. The van der Waals surface area contributed by atoms with Crippen LogP contribution >= 0.6 is 11.8 Å². The van der Waals surface area contributed by atoms with Crippen molar-refractivity contribution in [3.63, 3.8) is 0 Å². The van der Waals surface area contributed by atoms with Crippen LogP contribution in [0.15, 0.2) is 54.6 Å². The van der Waals surface area contributed by atoms with Crippen LogP contribution in [0.25, 0.3) is 0 Å². The van der Waals surface area contributed by atoms with E-state index in [1.54, 1.807) is 0 Å². The minimum absolute atomic E-state index is 0.0511. The molecule has 28 heavy (non-hydrogen) atoms. The predicted octanol–water partition coefficient (Wildman–Crippen LogP) is 6.06. The first kappa shape index (κ1) is 20.8. The minimum Gasteiger partial charge on any atom is -0.489 e. The molecule has 1 aliphatic heterocycles. The van der Waals surface area contributed by atoms with E-state index in [4.69, 9.17) is 4.74 Å². The summed E-state index contributed by atoms with van der Waals surface area (Å²) < 4.78 is 6.16. The summed E-state index contributed by atoms with van der Waals surface area (Å²) in [5.41, 5.74) is 2.26. The molecule has 3 rings (SSSR count). The first-order chi connectivity index (χ1) is 13.7. The zero-order chi connectivity index (χ0) is 19.8. The van der Waals surface area contributed by atoms with Crippen LogP contribution in [0.5, 0.6) is 5.75 Å². The van der Waals surface area contributed by atoms with Gasteiger partial charge < -0.3 is 9.64 Å². The van der Waals surface area contributed by atoms with Crippen molar-refractivity contribution >= 4 is 17.7 Å². The Kier molecular flexibility index (Phi) is 7.84. The molecule has 150 valence electrons. The van der Waals surface area contributed by atoms with Crippen molar-refractivity contribution in [2.45, 2.75) is 51.5 Å². The zero-order valence-corrected chi connectivity index (χ0v) is 17.8. The van der Waals surface area contributed by atoms with Crippen LogP contribution in [0.2, 0.25) is 0 Å². The molecular weight excluding hydrogens is 366 g/mol. The van der Waals surface area contributed by atoms with Crippen molar-refractivity contribution in [2.24, 2.45) is 5.92 Å². The van der Waals surface area contributed by atoms with Crippen molar-refractivity contribution in [3.8, 4) is 5.75 Å². The highest BCUT2D eigenvalue weighted by Gasteiger charge is 2.35. The van der Waals surface area contributed by atoms with Crippen LogP contribution in [0.3, 0.4) is 0 Å². The summed E-state index contributed by atoms with van der Waals surface area (Å²) in [6, 6.07) is 18.4. The topological polar surface area (TPSA) is 29.5 Å². The molecule has 0 aromatic heterocycles. The molecule has 0 N–H and O–H groups in total. The van der Waals surface area contributed by atoms with Crippen molar-refractivity contribution in [1.82, 2.24) is 4.90 Å². The maximum absolute atomic E-state index is 13.2. The van der Waals surface area contributed by atoms with Gasteiger partial charge in [-0.1, -0.05) is 75.2 Å². The number of unbranched alkanes of at least 4 members (excludes halogenated alkanes) is 1. The van der Waals surface area contributed by atoms with E-state index in [-0.39, 0.29) is 11.3 Å². The Morgan fingerprint density at radius 2 is 1.89 bits per heavy atom. The average molecular weight is 398 g/mol. The second-order valence-corrected chi connectivity index (χ2v) is 8.50. The van der Waals surface area contributed by atoms with E-state index >= 15 is 0 Å². The number of thioether (sulfide) groups is 1. The van der Waals surface area contributed by atoms with Gasteiger partial charge in [0.05, 0.1) is 0 Å². The van der Waals surface area contributed by atoms with E-state index in [9.17, 15) is 4.79 Å². The number of hydrogen-bond donors (Lipinski definition) is 0. The number of hydrogen-bond acceptors (Lipinski definition) is 3. The van der Waals surface area contributed by atoms with E-state index < -0.39 is 0 Å². The number of rotatable bonds is 9. The molecule has 2 unspecified atom stereocenters.